The average molecular weight is 476 g/mol. The van der Waals surface area contributed by atoms with Gasteiger partial charge in [-0.3, -0.25) is 25.8 Å². The molecule has 0 saturated carbocycles. The van der Waals surface area contributed by atoms with Gasteiger partial charge >= 0.3 is 0 Å². The van der Waals surface area contributed by atoms with Crippen molar-refractivity contribution in [2.75, 3.05) is 35.5 Å². The SMILES string of the molecule is COc1ccc(/C=C/C(=O)NC(=S)NNC(=O)c2cc(OC)c(OC)c(OC)c2)cc1OC. The van der Waals surface area contributed by atoms with Gasteiger partial charge in [0.15, 0.2) is 28.1 Å². The first kappa shape index (κ1) is 25.3. The third kappa shape index (κ3) is 6.74. The van der Waals surface area contributed by atoms with Gasteiger partial charge in [0.25, 0.3) is 5.91 Å². The zero-order valence-electron chi connectivity index (χ0n) is 18.8. The van der Waals surface area contributed by atoms with Crippen molar-refractivity contribution in [1.29, 1.82) is 0 Å². The largest absolute Gasteiger partial charge is 0.493 e. The predicted octanol–water partition coefficient (Wildman–Crippen LogP) is 2.08. The number of nitrogens with one attached hydrogen (secondary N) is 3. The van der Waals surface area contributed by atoms with Gasteiger partial charge in [-0.15, -0.1) is 0 Å². The smallest absolute Gasteiger partial charge is 0.269 e. The quantitative estimate of drug-likeness (QED) is 0.300. The molecule has 176 valence electrons. The van der Waals surface area contributed by atoms with Crippen LogP contribution in [0.4, 0.5) is 0 Å². The maximum Gasteiger partial charge on any atom is 0.269 e. The second kappa shape index (κ2) is 12.2. The van der Waals surface area contributed by atoms with Crippen LogP contribution in [-0.2, 0) is 4.79 Å². The van der Waals surface area contributed by atoms with Gasteiger partial charge in [-0.2, -0.15) is 0 Å². The highest BCUT2D eigenvalue weighted by Crippen LogP contribution is 2.38. The highest BCUT2D eigenvalue weighted by atomic mass is 32.1. The minimum Gasteiger partial charge on any atom is -0.493 e. The van der Waals surface area contributed by atoms with Gasteiger partial charge < -0.3 is 23.7 Å². The molecule has 0 unspecified atom stereocenters. The lowest BCUT2D eigenvalue weighted by atomic mass is 10.1. The molecule has 0 spiro atoms. The van der Waals surface area contributed by atoms with Crippen molar-refractivity contribution < 1.29 is 33.3 Å². The van der Waals surface area contributed by atoms with Crippen molar-refractivity contribution in [3.05, 3.63) is 47.5 Å². The van der Waals surface area contributed by atoms with Gasteiger partial charge in [0, 0.05) is 11.6 Å². The van der Waals surface area contributed by atoms with Crippen LogP contribution in [-0.4, -0.2) is 52.5 Å². The van der Waals surface area contributed by atoms with Gasteiger partial charge in [0.2, 0.25) is 11.7 Å². The van der Waals surface area contributed by atoms with Crippen molar-refractivity contribution in [2.45, 2.75) is 0 Å². The number of carbonyl (C=O) groups is 2. The number of amides is 2. The van der Waals surface area contributed by atoms with E-state index >= 15 is 0 Å². The summed E-state index contributed by atoms with van der Waals surface area (Å²) in [5.74, 6) is 1.07. The Balaban J connectivity index is 1.95. The van der Waals surface area contributed by atoms with Gasteiger partial charge in [0.1, 0.15) is 0 Å². The van der Waals surface area contributed by atoms with Crippen LogP contribution in [0, 0.1) is 0 Å². The topological polar surface area (TPSA) is 116 Å². The zero-order chi connectivity index (χ0) is 24.4. The predicted molar refractivity (Wildman–Crippen MR) is 126 cm³/mol. The summed E-state index contributed by atoms with van der Waals surface area (Å²) in [5, 5.41) is 2.33. The molecule has 0 aromatic heterocycles. The van der Waals surface area contributed by atoms with Crippen molar-refractivity contribution in [2.24, 2.45) is 0 Å². The van der Waals surface area contributed by atoms with Crippen LogP contribution in [0.3, 0.4) is 0 Å². The van der Waals surface area contributed by atoms with E-state index in [0.717, 1.165) is 5.56 Å². The number of benzene rings is 2. The second-order valence-electron chi connectivity index (χ2n) is 6.26. The van der Waals surface area contributed by atoms with Crippen molar-refractivity contribution in [3.8, 4) is 28.7 Å². The minimum absolute atomic E-state index is 0.0993. The highest BCUT2D eigenvalue weighted by Gasteiger charge is 2.17. The molecular formula is C22H25N3O7S. The van der Waals surface area contributed by atoms with Crippen LogP contribution in [0.5, 0.6) is 28.7 Å². The van der Waals surface area contributed by atoms with Gasteiger partial charge in [-0.05, 0) is 48.1 Å². The van der Waals surface area contributed by atoms with Crippen LogP contribution in [0.15, 0.2) is 36.4 Å². The van der Waals surface area contributed by atoms with Gasteiger partial charge in [-0.25, -0.2) is 0 Å². The number of carbonyl (C=O) groups excluding carboxylic acids is 2. The molecule has 11 heteroatoms. The van der Waals surface area contributed by atoms with E-state index in [1.165, 1.54) is 53.8 Å². The zero-order valence-corrected chi connectivity index (χ0v) is 19.6. The Morgan fingerprint density at radius 1 is 0.788 bits per heavy atom. The molecular weight excluding hydrogens is 450 g/mol. The number of ether oxygens (including phenoxy) is 5. The normalized spacial score (nSPS) is 10.2. The third-order valence-corrected chi connectivity index (χ3v) is 4.49. The summed E-state index contributed by atoms with van der Waals surface area (Å²) in [4.78, 5) is 24.6. The lowest BCUT2D eigenvalue weighted by Gasteiger charge is -2.14. The molecule has 2 rings (SSSR count). The molecule has 2 aromatic rings. The number of rotatable bonds is 8. The standard InChI is InChI=1S/C22H25N3O7S/c1-28-15-8-6-13(10-16(15)29-2)7-9-19(26)23-22(33)25-24-21(27)14-11-17(30-3)20(32-5)18(12-14)31-4/h6-12H,1-5H3,(H,24,27)(H2,23,25,26,33)/b9-7+. The van der Waals surface area contributed by atoms with Crippen LogP contribution in [0.2, 0.25) is 0 Å². The fraction of sp³-hybridized carbons (Fsp3) is 0.227. The Hall–Kier alpha value is -3.99. The molecule has 3 N–H and O–H groups in total. The Kier molecular flexibility index (Phi) is 9.30. The molecule has 0 radical (unpaired) electrons. The fourth-order valence-electron chi connectivity index (χ4n) is 2.71. The lowest BCUT2D eigenvalue weighted by molar-refractivity contribution is -0.115. The van der Waals surface area contributed by atoms with E-state index in [-0.39, 0.29) is 10.7 Å². The first-order chi connectivity index (χ1) is 15.9. The monoisotopic (exact) mass is 475 g/mol. The second-order valence-corrected chi connectivity index (χ2v) is 6.67. The molecule has 0 saturated heterocycles. The van der Waals surface area contributed by atoms with Crippen LogP contribution >= 0.6 is 12.2 Å². The van der Waals surface area contributed by atoms with E-state index in [1.807, 2.05) is 0 Å². The van der Waals surface area contributed by atoms with Gasteiger partial charge in [0.05, 0.1) is 35.5 Å². The number of methoxy groups -OCH3 is 5. The first-order valence-electron chi connectivity index (χ1n) is 9.48. The molecule has 10 nitrogen and oxygen atoms in total. The summed E-state index contributed by atoms with van der Waals surface area (Å²) in [6, 6.07) is 8.16. The Morgan fingerprint density at radius 2 is 1.39 bits per heavy atom. The first-order valence-corrected chi connectivity index (χ1v) is 9.89. The van der Waals surface area contributed by atoms with E-state index in [0.29, 0.717) is 28.7 Å². The molecule has 0 aliphatic heterocycles. The van der Waals surface area contributed by atoms with Crippen molar-refractivity contribution in [1.82, 2.24) is 16.2 Å². The summed E-state index contributed by atoms with van der Waals surface area (Å²) >= 11 is 5.04. The van der Waals surface area contributed by atoms with E-state index < -0.39 is 11.8 Å². The van der Waals surface area contributed by atoms with Crippen LogP contribution in [0.25, 0.3) is 6.08 Å². The van der Waals surface area contributed by atoms with E-state index in [4.69, 9.17) is 35.9 Å². The van der Waals surface area contributed by atoms with E-state index in [1.54, 1.807) is 24.3 Å². The van der Waals surface area contributed by atoms with Crippen LogP contribution < -0.4 is 39.9 Å². The molecule has 0 heterocycles. The van der Waals surface area contributed by atoms with Crippen LogP contribution in [0.1, 0.15) is 15.9 Å². The maximum atomic E-state index is 12.5. The molecule has 0 bridgehead atoms. The number of hydrogen-bond acceptors (Lipinski definition) is 8. The average Bonchev–Trinajstić information content (AvgIpc) is 2.84. The summed E-state index contributed by atoms with van der Waals surface area (Å²) in [6.07, 6.45) is 2.87. The number of hydrogen-bond donors (Lipinski definition) is 3. The summed E-state index contributed by atoms with van der Waals surface area (Å²) in [6.45, 7) is 0. The maximum absolute atomic E-state index is 12.5. The lowest BCUT2D eigenvalue weighted by Crippen LogP contribution is -2.48. The fourth-order valence-corrected chi connectivity index (χ4v) is 2.86. The molecule has 0 fully saturated rings. The molecule has 33 heavy (non-hydrogen) atoms. The van der Waals surface area contributed by atoms with E-state index in [9.17, 15) is 9.59 Å². The molecule has 0 aliphatic rings. The number of thiocarbonyl (C=S) groups is 1. The summed E-state index contributed by atoms with van der Waals surface area (Å²) in [7, 11) is 7.40. The highest BCUT2D eigenvalue weighted by molar-refractivity contribution is 7.80. The summed E-state index contributed by atoms with van der Waals surface area (Å²) in [5.41, 5.74) is 5.80. The third-order valence-electron chi connectivity index (χ3n) is 4.29. The van der Waals surface area contributed by atoms with Crippen molar-refractivity contribution >= 4 is 35.2 Å². The minimum atomic E-state index is -0.535. The van der Waals surface area contributed by atoms with E-state index in [2.05, 4.69) is 16.2 Å². The summed E-state index contributed by atoms with van der Waals surface area (Å²) < 4.78 is 26.1. The Bertz CT molecular complexity index is 1030. The molecule has 0 aliphatic carbocycles. The molecule has 2 amide bonds. The molecule has 0 atom stereocenters. The Morgan fingerprint density at radius 3 is 1.94 bits per heavy atom. The van der Waals surface area contributed by atoms with Gasteiger partial charge in [-0.1, -0.05) is 6.07 Å². The molecule has 2 aromatic carbocycles. The Labute approximate surface area is 196 Å². The van der Waals surface area contributed by atoms with Crippen molar-refractivity contribution in [3.63, 3.8) is 0 Å². The number of hydrazine groups is 1.